The van der Waals surface area contributed by atoms with E-state index in [1.807, 2.05) is 0 Å². The van der Waals surface area contributed by atoms with Crippen LogP contribution in [0.2, 0.25) is 0 Å². The quantitative estimate of drug-likeness (QED) is 0.299. The van der Waals surface area contributed by atoms with Crippen LogP contribution in [0.1, 0.15) is 6.92 Å². The molecule has 0 spiro atoms. The van der Waals surface area contributed by atoms with Gasteiger partial charge in [-0.15, -0.1) is 0 Å². The van der Waals surface area contributed by atoms with Gasteiger partial charge >= 0.3 is 5.97 Å². The van der Waals surface area contributed by atoms with E-state index in [1.54, 1.807) is 6.07 Å². The Bertz CT molecular complexity index is 1120. The molecule has 0 heterocycles. The Morgan fingerprint density at radius 1 is 1.04 bits per heavy atom. The molecular weight excluding hydrogens is 400 g/mol. The lowest BCUT2D eigenvalue weighted by molar-refractivity contribution is -0.139. The summed E-state index contributed by atoms with van der Waals surface area (Å²) >= 11 is 0. The molecule has 0 amide bonds. The Morgan fingerprint density at radius 2 is 1.63 bits per heavy atom. The third-order valence-corrected chi connectivity index (χ3v) is 5.35. The van der Waals surface area contributed by atoms with Crippen LogP contribution >= 0.6 is 0 Å². The molecule has 2 aromatic carbocycles. The van der Waals surface area contributed by atoms with E-state index in [-0.39, 0.29) is 29.6 Å². The molecule has 0 aliphatic carbocycles. The van der Waals surface area contributed by atoms with Crippen LogP contribution in [0.3, 0.4) is 0 Å². The molecule has 9 nitrogen and oxygen atoms in total. The number of esters is 1. The van der Waals surface area contributed by atoms with E-state index in [2.05, 4.69) is 6.58 Å². The molecule has 27 heavy (non-hydrogen) atoms. The molecule has 0 aromatic heterocycles. The number of benzene rings is 2. The van der Waals surface area contributed by atoms with Crippen molar-refractivity contribution in [2.75, 3.05) is 13.2 Å². The monoisotopic (exact) mass is 416 g/mol. The second kappa shape index (κ2) is 7.64. The largest absolute Gasteiger partial charge is 0.488 e. The maximum Gasteiger partial charge on any atom is 0.333 e. The fraction of sp³-hybridized carbons (Fsp3) is 0.188. The van der Waals surface area contributed by atoms with Crippen LogP contribution in [0.15, 0.2) is 52.3 Å². The highest BCUT2D eigenvalue weighted by Crippen LogP contribution is 2.37. The molecule has 0 unspecified atom stereocenters. The number of ether oxygens (including phenoxy) is 2. The van der Waals surface area contributed by atoms with Gasteiger partial charge in [0.1, 0.15) is 23.9 Å². The van der Waals surface area contributed by atoms with Gasteiger partial charge in [0.15, 0.2) is 4.90 Å². The van der Waals surface area contributed by atoms with E-state index < -0.39 is 41.7 Å². The molecule has 0 radical (unpaired) electrons. The minimum Gasteiger partial charge on any atom is -0.488 e. The van der Waals surface area contributed by atoms with Gasteiger partial charge in [-0.25, -0.2) is 4.79 Å². The lowest BCUT2D eigenvalue weighted by Gasteiger charge is -2.15. The summed E-state index contributed by atoms with van der Waals surface area (Å²) in [5, 5.41) is 0.125. The summed E-state index contributed by atoms with van der Waals surface area (Å²) in [6.45, 7) is 4.19. The number of fused-ring (bicyclic) bond motifs is 1. The number of carbonyl (C=O) groups is 1. The summed E-state index contributed by atoms with van der Waals surface area (Å²) in [7, 11) is -10.1. The van der Waals surface area contributed by atoms with E-state index in [0.29, 0.717) is 0 Å². The highest BCUT2D eigenvalue weighted by atomic mass is 32.2. The van der Waals surface area contributed by atoms with Crippen molar-refractivity contribution in [1.29, 1.82) is 0 Å². The number of hydrogen-bond donors (Lipinski definition) is 2. The van der Waals surface area contributed by atoms with Crippen LogP contribution < -0.4 is 4.74 Å². The van der Waals surface area contributed by atoms with Crippen molar-refractivity contribution in [3.8, 4) is 5.75 Å². The van der Waals surface area contributed by atoms with Gasteiger partial charge in [-0.1, -0.05) is 30.8 Å². The van der Waals surface area contributed by atoms with Gasteiger partial charge in [0.05, 0.1) is 0 Å². The second-order valence-corrected chi connectivity index (χ2v) is 8.19. The summed E-state index contributed by atoms with van der Waals surface area (Å²) in [6, 6.07) is 6.91. The van der Waals surface area contributed by atoms with E-state index in [1.165, 1.54) is 31.2 Å². The van der Waals surface area contributed by atoms with Crippen LogP contribution in [0.5, 0.6) is 5.75 Å². The highest BCUT2D eigenvalue weighted by molar-refractivity contribution is 7.89. The molecule has 0 aliphatic heterocycles. The fourth-order valence-electron chi connectivity index (χ4n) is 2.29. The SMILES string of the molecule is C=C(C)C(=O)OCCOc1cc2ccccc2c(S(=O)(=O)O)c1S(=O)(=O)O. The zero-order valence-electron chi connectivity index (χ0n) is 14.1. The first kappa shape index (κ1) is 20.8. The van der Waals surface area contributed by atoms with Crippen molar-refractivity contribution in [3.05, 3.63) is 42.5 Å². The summed E-state index contributed by atoms with van der Waals surface area (Å²) in [4.78, 5) is 9.21. The van der Waals surface area contributed by atoms with E-state index >= 15 is 0 Å². The average Bonchev–Trinajstić information content (AvgIpc) is 2.55. The normalized spacial score (nSPS) is 12.0. The predicted molar refractivity (Wildman–Crippen MR) is 94.8 cm³/mol. The maximum atomic E-state index is 11.8. The molecule has 0 atom stereocenters. The number of rotatable bonds is 7. The average molecular weight is 416 g/mol. The minimum absolute atomic E-state index is 0.117. The van der Waals surface area contributed by atoms with Crippen molar-refractivity contribution in [1.82, 2.24) is 0 Å². The van der Waals surface area contributed by atoms with Crippen LogP contribution in [0.25, 0.3) is 10.8 Å². The zero-order chi connectivity index (χ0) is 20.4. The molecule has 0 fully saturated rings. The Labute approximate surface area is 155 Å². The Kier molecular flexibility index (Phi) is 5.90. The maximum absolute atomic E-state index is 11.8. The Morgan fingerprint density at radius 3 is 2.19 bits per heavy atom. The molecule has 2 rings (SSSR count). The molecule has 2 N–H and O–H groups in total. The summed E-state index contributed by atoms with van der Waals surface area (Å²) in [5.74, 6) is -1.21. The van der Waals surface area contributed by atoms with Crippen LogP contribution in [0, 0.1) is 0 Å². The molecule has 0 saturated heterocycles. The minimum atomic E-state index is -5.09. The Hall–Kier alpha value is -2.47. The number of carbonyl (C=O) groups excluding carboxylic acids is 1. The number of hydrogen-bond acceptors (Lipinski definition) is 7. The van der Waals surface area contributed by atoms with Gasteiger partial charge in [0, 0.05) is 11.0 Å². The standard InChI is InChI=1S/C16H16O9S2/c1-10(2)16(17)25-8-7-24-13-9-11-5-3-4-6-12(11)14(26(18,19)20)15(13)27(21,22)23/h3-6,9H,1,7-8H2,2H3,(H,18,19,20)(H,21,22,23). The molecule has 0 saturated carbocycles. The van der Waals surface area contributed by atoms with E-state index in [0.717, 1.165) is 0 Å². The van der Waals surface area contributed by atoms with Crippen molar-refractivity contribution in [2.24, 2.45) is 0 Å². The summed E-state index contributed by atoms with van der Waals surface area (Å²) in [5.41, 5.74) is 0.146. The van der Waals surface area contributed by atoms with Crippen molar-refractivity contribution >= 4 is 37.0 Å². The predicted octanol–water partition coefficient (Wildman–Crippen LogP) is 1.83. The highest BCUT2D eigenvalue weighted by Gasteiger charge is 2.31. The lowest BCUT2D eigenvalue weighted by Crippen LogP contribution is -2.15. The Balaban J connectivity index is 2.55. The fourth-order valence-corrected chi connectivity index (χ4v) is 4.43. The zero-order valence-corrected chi connectivity index (χ0v) is 15.7. The third-order valence-electron chi connectivity index (χ3n) is 3.36. The summed E-state index contributed by atoms with van der Waals surface area (Å²) < 4.78 is 76.3. The molecule has 0 bridgehead atoms. The smallest absolute Gasteiger partial charge is 0.333 e. The van der Waals surface area contributed by atoms with Crippen LogP contribution in [0.4, 0.5) is 0 Å². The second-order valence-electron chi connectivity index (χ2n) is 5.47. The van der Waals surface area contributed by atoms with Gasteiger partial charge in [-0.2, -0.15) is 16.8 Å². The molecule has 0 aliphatic rings. The van der Waals surface area contributed by atoms with Crippen LogP contribution in [-0.4, -0.2) is 45.1 Å². The first-order valence-electron chi connectivity index (χ1n) is 7.39. The van der Waals surface area contributed by atoms with Crippen molar-refractivity contribution in [2.45, 2.75) is 16.7 Å². The summed E-state index contributed by atoms with van der Waals surface area (Å²) in [6.07, 6.45) is 0. The van der Waals surface area contributed by atoms with Crippen molar-refractivity contribution in [3.63, 3.8) is 0 Å². The first-order valence-corrected chi connectivity index (χ1v) is 10.3. The third kappa shape index (κ3) is 4.83. The molecule has 11 heteroatoms. The topological polar surface area (TPSA) is 144 Å². The lowest BCUT2D eigenvalue weighted by atomic mass is 10.1. The van der Waals surface area contributed by atoms with E-state index in [9.17, 15) is 30.7 Å². The van der Waals surface area contributed by atoms with Gasteiger partial charge in [0.2, 0.25) is 0 Å². The van der Waals surface area contributed by atoms with Crippen molar-refractivity contribution < 1.29 is 40.2 Å². The molecule has 2 aromatic rings. The molecular formula is C16H16O9S2. The first-order chi connectivity index (χ1) is 12.4. The molecule has 146 valence electrons. The van der Waals surface area contributed by atoms with E-state index in [4.69, 9.17) is 9.47 Å². The van der Waals surface area contributed by atoms with Gasteiger partial charge in [-0.05, 0) is 18.4 Å². The van der Waals surface area contributed by atoms with Gasteiger partial charge < -0.3 is 9.47 Å². The van der Waals surface area contributed by atoms with Crippen LogP contribution in [-0.2, 0) is 29.8 Å². The van der Waals surface area contributed by atoms with Gasteiger partial charge in [-0.3, -0.25) is 9.11 Å². The van der Waals surface area contributed by atoms with Gasteiger partial charge in [0.25, 0.3) is 20.2 Å².